The number of rotatable bonds is 4. The molecule has 0 spiro atoms. The van der Waals surface area contributed by atoms with E-state index in [0.717, 1.165) is 17.2 Å². The summed E-state index contributed by atoms with van der Waals surface area (Å²) in [6.07, 6.45) is 3.18. The minimum absolute atomic E-state index is 0.0649. The van der Waals surface area contributed by atoms with Gasteiger partial charge in [-0.25, -0.2) is 9.18 Å². The van der Waals surface area contributed by atoms with Gasteiger partial charge in [-0.1, -0.05) is 30.3 Å². The van der Waals surface area contributed by atoms with Gasteiger partial charge in [-0.3, -0.25) is 4.98 Å². The van der Waals surface area contributed by atoms with E-state index in [4.69, 9.17) is 4.74 Å². The van der Waals surface area contributed by atoms with Crippen LogP contribution < -0.4 is 4.74 Å². The van der Waals surface area contributed by atoms with Crippen LogP contribution in [0.2, 0.25) is 0 Å². The molecule has 5 heteroatoms. The molecule has 1 heterocycles. The van der Waals surface area contributed by atoms with Crippen LogP contribution in [0.5, 0.6) is 11.5 Å². The summed E-state index contributed by atoms with van der Waals surface area (Å²) in [5.41, 5.74) is 2.03. The van der Waals surface area contributed by atoms with Crippen LogP contribution in [0.3, 0.4) is 0 Å². The summed E-state index contributed by atoms with van der Waals surface area (Å²) in [6.45, 7) is 0. The van der Waals surface area contributed by atoms with Crippen molar-refractivity contribution in [2.45, 2.75) is 0 Å². The average molecular weight is 323 g/mol. The van der Waals surface area contributed by atoms with Gasteiger partial charge in [0.15, 0.2) is 11.6 Å². The van der Waals surface area contributed by atoms with Gasteiger partial charge in [-0.15, -0.1) is 0 Å². The average Bonchev–Trinajstić information content (AvgIpc) is 2.64. The van der Waals surface area contributed by atoms with Crippen LogP contribution >= 0.6 is 0 Å². The standard InChI is InChI=1S/C19H14FNO3/c1-23-19(22)14-7-8-17(20)18(10-14)24-16-9-15(11-21-12-16)13-5-3-2-4-6-13/h2-12H,1H3. The molecule has 0 atom stereocenters. The van der Waals surface area contributed by atoms with Crippen molar-refractivity contribution in [1.82, 2.24) is 4.98 Å². The van der Waals surface area contributed by atoms with Crippen molar-refractivity contribution in [3.05, 3.63) is 78.4 Å². The van der Waals surface area contributed by atoms with Gasteiger partial charge in [0.2, 0.25) is 0 Å². The summed E-state index contributed by atoms with van der Waals surface area (Å²) < 4.78 is 24.1. The summed E-state index contributed by atoms with van der Waals surface area (Å²) >= 11 is 0. The smallest absolute Gasteiger partial charge is 0.337 e. The molecule has 120 valence electrons. The van der Waals surface area contributed by atoms with Gasteiger partial charge in [0.05, 0.1) is 18.9 Å². The fourth-order valence-electron chi connectivity index (χ4n) is 2.22. The number of halogens is 1. The molecule has 24 heavy (non-hydrogen) atoms. The summed E-state index contributed by atoms with van der Waals surface area (Å²) in [7, 11) is 1.26. The zero-order chi connectivity index (χ0) is 16.9. The summed E-state index contributed by atoms with van der Waals surface area (Å²) in [5, 5.41) is 0. The van der Waals surface area contributed by atoms with Crippen LogP contribution in [0.4, 0.5) is 4.39 Å². The van der Waals surface area contributed by atoms with E-state index in [1.54, 1.807) is 12.3 Å². The normalized spacial score (nSPS) is 10.2. The number of pyridine rings is 1. The van der Waals surface area contributed by atoms with Crippen LogP contribution in [0.15, 0.2) is 67.0 Å². The number of carbonyl (C=O) groups is 1. The number of esters is 1. The third-order valence-corrected chi connectivity index (χ3v) is 3.40. The zero-order valence-corrected chi connectivity index (χ0v) is 12.9. The van der Waals surface area contributed by atoms with E-state index in [1.165, 1.54) is 25.4 Å². The van der Waals surface area contributed by atoms with Crippen molar-refractivity contribution in [3.8, 4) is 22.6 Å². The highest BCUT2D eigenvalue weighted by Crippen LogP contribution is 2.28. The molecule has 0 amide bonds. The minimum atomic E-state index is -0.576. The van der Waals surface area contributed by atoms with Gasteiger partial charge in [0.25, 0.3) is 0 Å². The lowest BCUT2D eigenvalue weighted by Gasteiger charge is -2.09. The van der Waals surface area contributed by atoms with Gasteiger partial charge >= 0.3 is 5.97 Å². The quantitative estimate of drug-likeness (QED) is 0.665. The van der Waals surface area contributed by atoms with Crippen LogP contribution in [0.25, 0.3) is 11.1 Å². The van der Waals surface area contributed by atoms with Crippen molar-refractivity contribution in [3.63, 3.8) is 0 Å². The number of aromatic nitrogens is 1. The highest BCUT2D eigenvalue weighted by molar-refractivity contribution is 5.89. The maximum atomic E-state index is 13.9. The first-order valence-corrected chi connectivity index (χ1v) is 7.23. The second-order valence-corrected chi connectivity index (χ2v) is 5.01. The van der Waals surface area contributed by atoms with E-state index >= 15 is 0 Å². The van der Waals surface area contributed by atoms with Gasteiger partial charge in [-0.2, -0.15) is 0 Å². The maximum Gasteiger partial charge on any atom is 0.337 e. The monoisotopic (exact) mass is 323 g/mol. The van der Waals surface area contributed by atoms with Gasteiger partial charge < -0.3 is 9.47 Å². The number of hydrogen-bond donors (Lipinski definition) is 0. The second-order valence-electron chi connectivity index (χ2n) is 5.01. The molecule has 0 unspecified atom stereocenters. The van der Waals surface area contributed by atoms with Crippen molar-refractivity contribution in [2.24, 2.45) is 0 Å². The molecular formula is C19H14FNO3. The van der Waals surface area contributed by atoms with E-state index in [9.17, 15) is 9.18 Å². The maximum absolute atomic E-state index is 13.9. The highest BCUT2D eigenvalue weighted by atomic mass is 19.1. The first kappa shape index (κ1) is 15.7. The lowest BCUT2D eigenvalue weighted by molar-refractivity contribution is 0.0600. The molecule has 3 aromatic rings. The number of carbonyl (C=O) groups excluding carboxylic acids is 1. The van der Waals surface area contributed by atoms with E-state index in [0.29, 0.717) is 5.75 Å². The predicted octanol–water partition coefficient (Wildman–Crippen LogP) is 4.47. The molecule has 0 saturated carbocycles. The van der Waals surface area contributed by atoms with Gasteiger partial charge in [0, 0.05) is 11.8 Å². The molecule has 0 N–H and O–H groups in total. The lowest BCUT2D eigenvalue weighted by atomic mass is 10.1. The van der Waals surface area contributed by atoms with Crippen LogP contribution in [-0.4, -0.2) is 18.1 Å². The fourth-order valence-corrected chi connectivity index (χ4v) is 2.22. The second kappa shape index (κ2) is 6.91. The number of hydrogen-bond acceptors (Lipinski definition) is 4. The van der Waals surface area contributed by atoms with E-state index < -0.39 is 11.8 Å². The van der Waals surface area contributed by atoms with E-state index in [-0.39, 0.29) is 11.3 Å². The molecule has 0 aliphatic rings. The Bertz CT molecular complexity index is 865. The Morgan fingerprint density at radius 1 is 1.00 bits per heavy atom. The Balaban J connectivity index is 1.90. The molecule has 1 aromatic heterocycles. The first-order chi connectivity index (χ1) is 11.7. The lowest BCUT2D eigenvalue weighted by Crippen LogP contribution is -2.02. The Hall–Kier alpha value is -3.21. The SMILES string of the molecule is COC(=O)c1ccc(F)c(Oc2cncc(-c3ccccc3)c2)c1. The molecule has 0 aliphatic carbocycles. The largest absolute Gasteiger partial charge is 0.465 e. The summed E-state index contributed by atoms with van der Waals surface area (Å²) in [4.78, 5) is 15.7. The topological polar surface area (TPSA) is 48.4 Å². The molecular weight excluding hydrogens is 309 g/mol. The van der Waals surface area contributed by atoms with E-state index in [2.05, 4.69) is 9.72 Å². The molecule has 2 aromatic carbocycles. The summed E-state index contributed by atoms with van der Waals surface area (Å²) in [5.74, 6) is -0.828. The third kappa shape index (κ3) is 3.41. The number of methoxy groups -OCH3 is 1. The van der Waals surface area contributed by atoms with Crippen molar-refractivity contribution >= 4 is 5.97 Å². The molecule has 4 nitrogen and oxygen atoms in total. The Kier molecular flexibility index (Phi) is 4.52. The van der Waals surface area contributed by atoms with E-state index in [1.807, 2.05) is 30.3 Å². The Morgan fingerprint density at radius 2 is 1.79 bits per heavy atom. The number of benzene rings is 2. The molecule has 0 bridgehead atoms. The van der Waals surface area contributed by atoms with Crippen LogP contribution in [0.1, 0.15) is 10.4 Å². The minimum Gasteiger partial charge on any atom is -0.465 e. The molecule has 3 rings (SSSR count). The van der Waals surface area contributed by atoms with Crippen LogP contribution in [0, 0.1) is 5.82 Å². The van der Waals surface area contributed by atoms with Gasteiger partial charge in [0.1, 0.15) is 5.75 Å². The number of ether oxygens (including phenoxy) is 2. The first-order valence-electron chi connectivity index (χ1n) is 7.23. The van der Waals surface area contributed by atoms with Crippen molar-refractivity contribution < 1.29 is 18.7 Å². The Morgan fingerprint density at radius 3 is 2.54 bits per heavy atom. The molecule has 0 radical (unpaired) electrons. The molecule has 0 saturated heterocycles. The third-order valence-electron chi connectivity index (χ3n) is 3.40. The van der Waals surface area contributed by atoms with Crippen molar-refractivity contribution in [2.75, 3.05) is 7.11 Å². The molecule has 0 aliphatic heterocycles. The highest BCUT2D eigenvalue weighted by Gasteiger charge is 2.12. The predicted molar refractivity (Wildman–Crippen MR) is 87.5 cm³/mol. The zero-order valence-electron chi connectivity index (χ0n) is 12.9. The Labute approximate surface area is 138 Å². The number of nitrogens with zero attached hydrogens (tertiary/aromatic N) is 1. The summed E-state index contributed by atoms with van der Waals surface area (Å²) in [6, 6.07) is 15.2. The fraction of sp³-hybridized carbons (Fsp3) is 0.0526. The molecule has 0 fully saturated rings. The van der Waals surface area contributed by atoms with Crippen LogP contribution in [-0.2, 0) is 4.74 Å². The van der Waals surface area contributed by atoms with Gasteiger partial charge in [-0.05, 0) is 29.8 Å². The van der Waals surface area contributed by atoms with Crippen molar-refractivity contribution in [1.29, 1.82) is 0 Å².